The first-order chi connectivity index (χ1) is 7.66. The number of rotatable bonds is 4. The van der Waals surface area contributed by atoms with Gasteiger partial charge in [0, 0.05) is 20.6 Å². The van der Waals surface area contributed by atoms with Crippen molar-refractivity contribution in [2.24, 2.45) is 5.92 Å². The van der Waals surface area contributed by atoms with Crippen LogP contribution in [0.25, 0.3) is 0 Å². The van der Waals surface area contributed by atoms with Gasteiger partial charge in [-0.2, -0.15) is 0 Å². The molecule has 0 aliphatic carbocycles. The van der Waals surface area contributed by atoms with Crippen molar-refractivity contribution in [3.05, 3.63) is 12.2 Å². The van der Waals surface area contributed by atoms with Gasteiger partial charge in [-0.1, -0.05) is 6.08 Å². The van der Waals surface area contributed by atoms with Crippen molar-refractivity contribution >= 4 is 5.97 Å². The minimum absolute atomic E-state index is 0.222. The van der Waals surface area contributed by atoms with Crippen molar-refractivity contribution in [1.82, 2.24) is 0 Å². The van der Waals surface area contributed by atoms with Gasteiger partial charge in [0.25, 0.3) is 0 Å². The van der Waals surface area contributed by atoms with E-state index in [-0.39, 0.29) is 18.0 Å². The predicted molar refractivity (Wildman–Crippen MR) is 54.7 cm³/mol. The molecular weight excluding hydrogens is 212 g/mol. The van der Waals surface area contributed by atoms with Crippen LogP contribution in [0.1, 0.15) is 6.42 Å². The lowest BCUT2D eigenvalue weighted by Crippen LogP contribution is -2.42. The number of carbonyl (C=O) groups is 1. The van der Waals surface area contributed by atoms with Gasteiger partial charge >= 0.3 is 5.97 Å². The summed E-state index contributed by atoms with van der Waals surface area (Å²) in [4.78, 5) is 11.5. The second-order valence-corrected chi connectivity index (χ2v) is 4.03. The summed E-state index contributed by atoms with van der Waals surface area (Å²) in [7, 11) is 4.49. The number of hydrogen-bond donors (Lipinski definition) is 0. The molecule has 0 spiro atoms. The van der Waals surface area contributed by atoms with Crippen molar-refractivity contribution in [3.8, 4) is 0 Å². The van der Waals surface area contributed by atoms with Crippen LogP contribution in [0.3, 0.4) is 0 Å². The summed E-state index contributed by atoms with van der Waals surface area (Å²) in [6.45, 7) is 0. The minimum Gasteiger partial charge on any atom is -0.469 e. The van der Waals surface area contributed by atoms with Gasteiger partial charge < -0.3 is 18.9 Å². The summed E-state index contributed by atoms with van der Waals surface area (Å²) in [5.74, 6) is -0.509. The summed E-state index contributed by atoms with van der Waals surface area (Å²) in [6.07, 6.45) is 3.60. The number of hydrogen-bond acceptors (Lipinski definition) is 5. The Morgan fingerprint density at radius 1 is 1.44 bits per heavy atom. The molecule has 90 valence electrons. The van der Waals surface area contributed by atoms with E-state index in [0.29, 0.717) is 6.42 Å². The third kappa shape index (κ3) is 1.55. The minimum atomic E-state index is -0.646. The molecule has 3 atom stereocenters. The Balaban J connectivity index is 2.16. The van der Waals surface area contributed by atoms with Crippen LogP contribution in [0.4, 0.5) is 0 Å². The Hall–Kier alpha value is -0.910. The molecule has 2 aliphatic rings. The largest absolute Gasteiger partial charge is 0.469 e. The molecule has 0 N–H and O–H groups in total. The van der Waals surface area contributed by atoms with Crippen molar-refractivity contribution in [3.63, 3.8) is 0 Å². The van der Waals surface area contributed by atoms with Gasteiger partial charge in [0.1, 0.15) is 5.60 Å². The van der Waals surface area contributed by atoms with Crippen LogP contribution in [-0.2, 0) is 23.7 Å². The predicted octanol–water partition coefficient (Wildman–Crippen LogP) is 0.492. The highest BCUT2D eigenvalue weighted by Crippen LogP contribution is 2.45. The van der Waals surface area contributed by atoms with Gasteiger partial charge in [-0.15, -0.1) is 0 Å². The first kappa shape index (κ1) is 11.6. The molecule has 1 fully saturated rings. The molecule has 0 radical (unpaired) electrons. The van der Waals surface area contributed by atoms with Crippen LogP contribution < -0.4 is 0 Å². The molecule has 2 unspecified atom stereocenters. The number of carbonyl (C=O) groups excluding carboxylic acids is 1. The second kappa shape index (κ2) is 4.16. The molecule has 0 aromatic heterocycles. The Morgan fingerprint density at radius 2 is 2.12 bits per heavy atom. The van der Waals surface area contributed by atoms with E-state index in [1.807, 2.05) is 12.2 Å². The second-order valence-electron chi connectivity index (χ2n) is 4.03. The molecule has 0 saturated carbocycles. The van der Waals surface area contributed by atoms with E-state index in [1.54, 1.807) is 14.2 Å². The molecule has 16 heavy (non-hydrogen) atoms. The third-order valence-electron chi connectivity index (χ3n) is 3.19. The van der Waals surface area contributed by atoms with Gasteiger partial charge in [-0.25, -0.2) is 0 Å². The van der Waals surface area contributed by atoms with E-state index in [0.717, 1.165) is 0 Å². The average Bonchev–Trinajstić information content (AvgIpc) is 2.88. The van der Waals surface area contributed by atoms with Gasteiger partial charge in [0.05, 0.1) is 19.1 Å². The molecule has 1 saturated heterocycles. The quantitative estimate of drug-likeness (QED) is 0.398. The standard InChI is InChI=1S/C11H16O5/c1-13-9(12)7-6-11(10(14-2)15-3)5-4-8(7)16-11/h4-5,7-8,10H,6H2,1-3H3/t7?,8?,11-/m0/s1. The van der Waals surface area contributed by atoms with Crippen LogP contribution in [-0.4, -0.2) is 45.3 Å². The summed E-state index contributed by atoms with van der Waals surface area (Å²) < 4.78 is 21.0. The fourth-order valence-electron chi connectivity index (χ4n) is 2.48. The number of ether oxygens (including phenoxy) is 4. The van der Waals surface area contributed by atoms with E-state index in [1.165, 1.54) is 7.11 Å². The molecule has 2 bridgehead atoms. The maximum absolute atomic E-state index is 11.5. The van der Waals surface area contributed by atoms with E-state index in [2.05, 4.69) is 0 Å². The van der Waals surface area contributed by atoms with E-state index in [9.17, 15) is 4.79 Å². The fourth-order valence-corrected chi connectivity index (χ4v) is 2.48. The summed E-state index contributed by atoms with van der Waals surface area (Å²) in [5, 5.41) is 0. The molecule has 5 heteroatoms. The highest BCUT2D eigenvalue weighted by Gasteiger charge is 2.56. The van der Waals surface area contributed by atoms with Crippen LogP contribution in [0.5, 0.6) is 0 Å². The molecule has 0 aromatic carbocycles. The molecule has 2 rings (SSSR count). The number of esters is 1. The fraction of sp³-hybridized carbons (Fsp3) is 0.727. The normalized spacial score (nSPS) is 36.0. The monoisotopic (exact) mass is 228 g/mol. The van der Waals surface area contributed by atoms with Gasteiger partial charge in [0.15, 0.2) is 6.29 Å². The summed E-state index contributed by atoms with van der Waals surface area (Å²) in [6, 6.07) is 0. The van der Waals surface area contributed by atoms with Crippen molar-refractivity contribution < 1.29 is 23.7 Å². The van der Waals surface area contributed by atoms with Crippen molar-refractivity contribution in [1.29, 1.82) is 0 Å². The van der Waals surface area contributed by atoms with E-state index in [4.69, 9.17) is 18.9 Å². The Labute approximate surface area is 94.3 Å². The number of fused-ring (bicyclic) bond motifs is 2. The lowest BCUT2D eigenvalue weighted by molar-refractivity contribution is -0.199. The maximum atomic E-state index is 11.5. The zero-order valence-electron chi connectivity index (χ0n) is 9.64. The third-order valence-corrected chi connectivity index (χ3v) is 3.19. The highest BCUT2D eigenvalue weighted by atomic mass is 16.7. The summed E-state index contributed by atoms with van der Waals surface area (Å²) in [5.41, 5.74) is -0.646. The molecule has 2 aliphatic heterocycles. The van der Waals surface area contributed by atoms with Crippen molar-refractivity contribution in [2.75, 3.05) is 21.3 Å². The molecule has 0 aromatic rings. The molecule has 2 heterocycles. The van der Waals surface area contributed by atoms with Crippen molar-refractivity contribution in [2.45, 2.75) is 24.4 Å². The lowest BCUT2D eigenvalue weighted by atomic mass is 9.86. The van der Waals surface area contributed by atoms with Gasteiger partial charge in [-0.05, 0) is 6.08 Å². The van der Waals surface area contributed by atoms with Crippen LogP contribution >= 0.6 is 0 Å². The topological polar surface area (TPSA) is 54.0 Å². The first-order valence-electron chi connectivity index (χ1n) is 5.17. The smallest absolute Gasteiger partial charge is 0.311 e. The van der Waals surface area contributed by atoms with E-state index < -0.39 is 11.9 Å². The summed E-state index contributed by atoms with van der Waals surface area (Å²) >= 11 is 0. The van der Waals surface area contributed by atoms with E-state index >= 15 is 0 Å². The zero-order valence-corrected chi connectivity index (χ0v) is 9.64. The Kier molecular flexibility index (Phi) is 3.01. The number of methoxy groups -OCH3 is 3. The maximum Gasteiger partial charge on any atom is 0.311 e. The van der Waals surface area contributed by atoms with Crippen LogP contribution in [0.15, 0.2) is 12.2 Å². The lowest BCUT2D eigenvalue weighted by Gasteiger charge is -2.30. The molecule has 0 amide bonds. The SMILES string of the molecule is COC(=O)C1C[C@]2(C(OC)OC)C=CC1O2. The molecular formula is C11H16O5. The zero-order chi connectivity index (χ0) is 11.8. The first-order valence-corrected chi connectivity index (χ1v) is 5.17. The van der Waals surface area contributed by atoms with Crippen LogP contribution in [0.2, 0.25) is 0 Å². The Morgan fingerprint density at radius 3 is 2.69 bits per heavy atom. The average molecular weight is 228 g/mol. The van der Waals surface area contributed by atoms with Gasteiger partial charge in [-0.3, -0.25) is 4.79 Å². The molecule has 5 nitrogen and oxygen atoms in total. The van der Waals surface area contributed by atoms with Crippen LogP contribution in [0, 0.1) is 5.92 Å². The highest BCUT2D eigenvalue weighted by molar-refractivity contribution is 5.74. The van der Waals surface area contributed by atoms with Gasteiger partial charge in [0.2, 0.25) is 0 Å². The Bertz CT molecular complexity index is 309.